The molecule has 0 heterocycles. The molecule has 5 heteroatoms. The van der Waals surface area contributed by atoms with E-state index in [9.17, 15) is 4.79 Å². The Labute approximate surface area is 117 Å². The summed E-state index contributed by atoms with van der Waals surface area (Å²) in [5, 5.41) is 15.2. The quantitative estimate of drug-likeness (QED) is 0.526. The highest BCUT2D eigenvalue weighted by Crippen LogP contribution is 1.98. The van der Waals surface area contributed by atoms with Crippen molar-refractivity contribution in [1.82, 2.24) is 0 Å². The van der Waals surface area contributed by atoms with Gasteiger partial charge in [-0.25, -0.2) is 0 Å². The van der Waals surface area contributed by atoms with Crippen LogP contribution in [-0.4, -0.2) is 49.2 Å². The Morgan fingerprint density at radius 1 is 0.947 bits per heavy atom. The molecule has 0 aromatic carbocycles. The van der Waals surface area contributed by atoms with Crippen molar-refractivity contribution in [1.29, 1.82) is 0 Å². The minimum atomic E-state index is -0.170. The lowest BCUT2D eigenvalue weighted by Gasteiger charge is -1.99. The van der Waals surface area contributed by atoms with E-state index in [0.717, 1.165) is 19.6 Å². The number of aliphatic hydroxyl groups is 2. The number of hydrogen-bond acceptors (Lipinski definition) is 5. The number of esters is 1. The van der Waals surface area contributed by atoms with E-state index in [1.54, 1.807) is 0 Å². The molecule has 0 saturated heterocycles. The maximum Gasteiger partial charge on any atom is 0.302 e. The van der Waals surface area contributed by atoms with Crippen molar-refractivity contribution >= 4 is 5.97 Å². The summed E-state index contributed by atoms with van der Waals surface area (Å²) in [6, 6.07) is 0. The van der Waals surface area contributed by atoms with Crippen LogP contribution in [0.25, 0.3) is 0 Å². The third kappa shape index (κ3) is 46.8. The predicted molar refractivity (Wildman–Crippen MR) is 77.1 cm³/mol. The van der Waals surface area contributed by atoms with Crippen molar-refractivity contribution < 1.29 is 24.5 Å². The van der Waals surface area contributed by atoms with E-state index < -0.39 is 0 Å². The molecule has 0 amide bonds. The summed E-state index contributed by atoms with van der Waals surface area (Å²) < 4.78 is 9.58. The lowest BCUT2D eigenvalue weighted by molar-refractivity contribution is -0.141. The standard InChI is InChI=1S/C8H16O2.C4H10O.C2H6O2/c1-3-4-5-6-7-10-8(2)9;1-3-5-4-2;3-1-2-4/h3-7H2,1-2H3;3-4H2,1-2H3;3-4H,1-2H2. The Morgan fingerprint density at radius 2 is 1.47 bits per heavy atom. The molecule has 0 saturated carbocycles. The summed E-state index contributed by atoms with van der Waals surface area (Å²) in [6.07, 6.45) is 4.64. The molecule has 0 bridgehead atoms. The Kier molecular flexibility index (Phi) is 32.1. The number of carbonyl (C=O) groups is 1. The summed E-state index contributed by atoms with van der Waals surface area (Å²) in [5.74, 6) is -0.170. The van der Waals surface area contributed by atoms with Gasteiger partial charge in [0.05, 0.1) is 19.8 Å². The average molecular weight is 280 g/mol. The third-order valence-electron chi connectivity index (χ3n) is 1.81. The second kappa shape index (κ2) is 26.0. The maximum absolute atomic E-state index is 10.3. The summed E-state index contributed by atoms with van der Waals surface area (Å²) in [6.45, 7) is 9.61. The Hall–Kier alpha value is -0.650. The first-order chi connectivity index (χ1) is 9.10. The molecule has 0 rings (SSSR count). The molecule has 0 aromatic rings. The molecule has 0 spiro atoms. The summed E-state index contributed by atoms with van der Waals surface area (Å²) >= 11 is 0. The molecule has 19 heavy (non-hydrogen) atoms. The second-order valence-electron chi connectivity index (χ2n) is 3.63. The van der Waals surface area contributed by atoms with E-state index in [1.165, 1.54) is 26.2 Å². The highest BCUT2D eigenvalue weighted by molar-refractivity contribution is 5.65. The average Bonchev–Trinajstić information content (AvgIpc) is 2.40. The first kappa shape index (κ1) is 23.4. The van der Waals surface area contributed by atoms with Crippen molar-refractivity contribution in [2.75, 3.05) is 33.0 Å². The molecule has 5 nitrogen and oxygen atoms in total. The molecule has 0 aliphatic heterocycles. The first-order valence-electron chi connectivity index (χ1n) is 7.03. The Bertz CT molecular complexity index is 147. The van der Waals surface area contributed by atoms with Gasteiger partial charge in [0.25, 0.3) is 0 Å². The number of unbranched alkanes of at least 4 members (excludes halogenated alkanes) is 3. The molecule has 2 N–H and O–H groups in total. The lowest BCUT2D eigenvalue weighted by atomic mass is 10.2. The minimum Gasteiger partial charge on any atom is -0.466 e. The first-order valence-corrected chi connectivity index (χ1v) is 7.03. The Morgan fingerprint density at radius 3 is 1.74 bits per heavy atom. The highest BCUT2D eigenvalue weighted by Gasteiger charge is 1.91. The van der Waals surface area contributed by atoms with E-state index in [2.05, 4.69) is 6.92 Å². The fraction of sp³-hybridized carbons (Fsp3) is 0.929. The van der Waals surface area contributed by atoms with Gasteiger partial charge in [0.2, 0.25) is 0 Å². The molecule has 0 atom stereocenters. The highest BCUT2D eigenvalue weighted by atomic mass is 16.5. The molecule has 0 aromatic heterocycles. The smallest absolute Gasteiger partial charge is 0.302 e. The van der Waals surface area contributed by atoms with Crippen LogP contribution < -0.4 is 0 Å². The lowest BCUT2D eigenvalue weighted by Crippen LogP contribution is -1.99. The van der Waals surface area contributed by atoms with Gasteiger partial charge in [-0.1, -0.05) is 26.2 Å². The van der Waals surface area contributed by atoms with Crippen LogP contribution in [0.5, 0.6) is 0 Å². The predicted octanol–water partition coefficient (Wildman–Crippen LogP) is 2.14. The van der Waals surface area contributed by atoms with Crippen molar-refractivity contribution in [3.8, 4) is 0 Å². The van der Waals surface area contributed by atoms with Crippen LogP contribution in [0.1, 0.15) is 53.4 Å². The van der Waals surface area contributed by atoms with Crippen LogP contribution in [0.4, 0.5) is 0 Å². The maximum atomic E-state index is 10.3. The zero-order valence-electron chi connectivity index (χ0n) is 13.0. The SMILES string of the molecule is CCCCCCOC(C)=O.CCOCC.OCCO. The van der Waals surface area contributed by atoms with Gasteiger partial charge < -0.3 is 19.7 Å². The van der Waals surface area contributed by atoms with E-state index >= 15 is 0 Å². The van der Waals surface area contributed by atoms with Gasteiger partial charge >= 0.3 is 5.97 Å². The van der Waals surface area contributed by atoms with E-state index in [-0.39, 0.29) is 19.2 Å². The molecule has 0 aliphatic rings. The summed E-state index contributed by atoms with van der Waals surface area (Å²) in [4.78, 5) is 10.3. The van der Waals surface area contributed by atoms with E-state index in [0.29, 0.717) is 6.61 Å². The van der Waals surface area contributed by atoms with Crippen LogP contribution in [-0.2, 0) is 14.3 Å². The number of hydrogen-bond donors (Lipinski definition) is 2. The molecule has 0 radical (unpaired) electrons. The zero-order valence-corrected chi connectivity index (χ0v) is 13.0. The van der Waals surface area contributed by atoms with Gasteiger partial charge in [-0.15, -0.1) is 0 Å². The molecule has 0 aliphatic carbocycles. The van der Waals surface area contributed by atoms with Gasteiger partial charge in [0.1, 0.15) is 0 Å². The molecule has 0 fully saturated rings. The largest absolute Gasteiger partial charge is 0.466 e. The van der Waals surface area contributed by atoms with Gasteiger partial charge in [-0.3, -0.25) is 4.79 Å². The molecule has 118 valence electrons. The van der Waals surface area contributed by atoms with E-state index in [4.69, 9.17) is 19.7 Å². The number of aliphatic hydroxyl groups excluding tert-OH is 2. The van der Waals surface area contributed by atoms with Crippen LogP contribution in [0.15, 0.2) is 0 Å². The topological polar surface area (TPSA) is 76.0 Å². The molecular weight excluding hydrogens is 248 g/mol. The van der Waals surface area contributed by atoms with Crippen molar-refractivity contribution in [2.45, 2.75) is 53.4 Å². The van der Waals surface area contributed by atoms with E-state index in [1.807, 2.05) is 13.8 Å². The van der Waals surface area contributed by atoms with Gasteiger partial charge in [0, 0.05) is 20.1 Å². The van der Waals surface area contributed by atoms with Crippen LogP contribution >= 0.6 is 0 Å². The second-order valence-corrected chi connectivity index (χ2v) is 3.63. The zero-order chi connectivity index (χ0) is 15.4. The minimum absolute atomic E-state index is 0.125. The molecular formula is C14H32O5. The number of ether oxygens (including phenoxy) is 2. The van der Waals surface area contributed by atoms with Crippen LogP contribution in [0, 0.1) is 0 Å². The summed E-state index contributed by atoms with van der Waals surface area (Å²) in [5.41, 5.74) is 0. The monoisotopic (exact) mass is 280 g/mol. The van der Waals surface area contributed by atoms with Crippen molar-refractivity contribution in [3.63, 3.8) is 0 Å². The van der Waals surface area contributed by atoms with Crippen molar-refractivity contribution in [3.05, 3.63) is 0 Å². The van der Waals surface area contributed by atoms with Gasteiger partial charge in [-0.2, -0.15) is 0 Å². The van der Waals surface area contributed by atoms with Crippen LogP contribution in [0.3, 0.4) is 0 Å². The fourth-order valence-corrected chi connectivity index (χ4v) is 0.949. The van der Waals surface area contributed by atoms with Gasteiger partial charge in [0.15, 0.2) is 0 Å². The third-order valence-corrected chi connectivity index (χ3v) is 1.81. The van der Waals surface area contributed by atoms with Crippen molar-refractivity contribution in [2.24, 2.45) is 0 Å². The Balaban J connectivity index is -0.000000238. The molecule has 0 unspecified atom stereocenters. The number of carbonyl (C=O) groups excluding carboxylic acids is 1. The van der Waals surface area contributed by atoms with Gasteiger partial charge in [-0.05, 0) is 20.3 Å². The van der Waals surface area contributed by atoms with Crippen LogP contribution in [0.2, 0.25) is 0 Å². The number of rotatable bonds is 8. The normalized spacial score (nSPS) is 8.74. The fourth-order valence-electron chi connectivity index (χ4n) is 0.949. The summed E-state index contributed by atoms with van der Waals surface area (Å²) in [7, 11) is 0.